The molecule has 1 nitrogen and oxygen atoms in total. The first-order chi connectivity index (χ1) is 7.51. The van der Waals surface area contributed by atoms with Gasteiger partial charge in [0, 0.05) is 4.91 Å². The van der Waals surface area contributed by atoms with Gasteiger partial charge >= 0.3 is 0 Å². The lowest BCUT2D eigenvalue weighted by Crippen LogP contribution is -2.47. The van der Waals surface area contributed by atoms with Crippen LogP contribution in [0.4, 0.5) is 0 Å². The number of allylic oxidation sites excluding steroid dienone is 1. The third-order valence-electron chi connectivity index (χ3n) is 4.25. The lowest BCUT2D eigenvalue weighted by Gasteiger charge is -2.42. The Labute approximate surface area is 113 Å². The van der Waals surface area contributed by atoms with Crippen molar-refractivity contribution in [1.82, 2.24) is 0 Å². The van der Waals surface area contributed by atoms with Crippen molar-refractivity contribution in [3.63, 3.8) is 0 Å². The van der Waals surface area contributed by atoms with E-state index in [0.29, 0.717) is 6.10 Å². The molecule has 0 aromatic rings. The predicted octanol–water partition coefficient (Wildman–Crippen LogP) is 5.05. The molecule has 0 aliphatic heterocycles. The molecule has 0 aromatic heterocycles. The summed E-state index contributed by atoms with van der Waals surface area (Å²) < 4.78 is 6.63. The monoisotopic (exact) mass is 272 g/mol. The topological polar surface area (TPSA) is 9.23 Å². The van der Waals surface area contributed by atoms with Crippen molar-refractivity contribution in [2.45, 2.75) is 65.3 Å². The number of hydrogen-bond acceptors (Lipinski definition) is 2. The van der Waals surface area contributed by atoms with Crippen LogP contribution in [0.25, 0.3) is 0 Å². The summed E-state index contributed by atoms with van der Waals surface area (Å²) in [6.45, 7) is 16.3. The van der Waals surface area contributed by atoms with Crippen LogP contribution in [0, 0.1) is 5.41 Å². The second-order valence-electron chi connectivity index (χ2n) is 7.26. The summed E-state index contributed by atoms with van der Waals surface area (Å²) in [5.74, 6) is 0. The number of thioether (sulfide) groups is 1. The maximum Gasteiger partial charge on any atom is 0.192 e. The Morgan fingerprint density at radius 3 is 2.29 bits per heavy atom. The number of hydrogen-bond donors (Lipinski definition) is 0. The Bertz CT molecular complexity index is 313. The Hall–Kier alpha value is 0.267. The maximum absolute atomic E-state index is 6.63. The van der Waals surface area contributed by atoms with Gasteiger partial charge in [0.05, 0.1) is 6.10 Å². The van der Waals surface area contributed by atoms with E-state index in [-0.39, 0.29) is 10.5 Å². The van der Waals surface area contributed by atoms with Gasteiger partial charge in [0.1, 0.15) is 0 Å². The zero-order valence-corrected chi connectivity index (χ0v) is 14.5. The van der Waals surface area contributed by atoms with Crippen LogP contribution in [0.2, 0.25) is 18.1 Å². The van der Waals surface area contributed by atoms with Gasteiger partial charge in [-0.2, -0.15) is 0 Å². The van der Waals surface area contributed by atoms with Crippen LogP contribution >= 0.6 is 11.8 Å². The summed E-state index contributed by atoms with van der Waals surface area (Å²) >= 11 is 1.85. The first-order valence-corrected chi connectivity index (χ1v) is 10.6. The zero-order valence-electron chi connectivity index (χ0n) is 12.7. The van der Waals surface area contributed by atoms with E-state index in [0.717, 1.165) is 6.42 Å². The second kappa shape index (κ2) is 4.75. The summed E-state index contributed by atoms with van der Waals surface area (Å²) in [5.41, 5.74) is 0.258. The molecule has 1 rings (SSSR count). The SMILES string of the molecule is CSC1=CCC(C)(C)C1O[Si](C)(C)C(C)(C)C. The van der Waals surface area contributed by atoms with Crippen molar-refractivity contribution in [2.75, 3.05) is 6.26 Å². The van der Waals surface area contributed by atoms with Gasteiger partial charge in [-0.15, -0.1) is 11.8 Å². The van der Waals surface area contributed by atoms with E-state index in [1.165, 1.54) is 4.91 Å². The average molecular weight is 273 g/mol. The summed E-state index contributed by atoms with van der Waals surface area (Å²) in [4.78, 5) is 1.43. The van der Waals surface area contributed by atoms with Crippen molar-refractivity contribution >= 4 is 20.1 Å². The minimum Gasteiger partial charge on any atom is -0.409 e. The van der Waals surface area contributed by atoms with Crippen molar-refractivity contribution in [3.05, 3.63) is 11.0 Å². The molecule has 0 saturated heterocycles. The van der Waals surface area contributed by atoms with Gasteiger partial charge < -0.3 is 4.43 Å². The van der Waals surface area contributed by atoms with Gasteiger partial charge in [-0.05, 0) is 36.2 Å². The Kier molecular flexibility index (Phi) is 4.28. The highest BCUT2D eigenvalue weighted by atomic mass is 32.2. The first kappa shape index (κ1) is 15.3. The summed E-state index contributed by atoms with van der Waals surface area (Å²) in [5, 5.41) is 0.287. The van der Waals surface area contributed by atoms with Crippen LogP contribution in [-0.4, -0.2) is 20.7 Å². The molecular formula is C14H28OSSi. The molecule has 0 N–H and O–H groups in total. The molecule has 0 heterocycles. The second-order valence-corrected chi connectivity index (χ2v) is 12.9. The lowest BCUT2D eigenvalue weighted by molar-refractivity contribution is 0.111. The van der Waals surface area contributed by atoms with Crippen molar-refractivity contribution < 1.29 is 4.43 Å². The van der Waals surface area contributed by atoms with Crippen LogP contribution in [-0.2, 0) is 4.43 Å². The lowest BCUT2D eigenvalue weighted by atomic mass is 9.88. The Balaban J connectivity index is 2.90. The van der Waals surface area contributed by atoms with Crippen LogP contribution < -0.4 is 0 Å². The van der Waals surface area contributed by atoms with E-state index < -0.39 is 8.32 Å². The van der Waals surface area contributed by atoms with Gasteiger partial charge in [-0.1, -0.05) is 40.7 Å². The molecule has 0 aromatic carbocycles. The normalized spacial score (nSPS) is 24.9. The van der Waals surface area contributed by atoms with Gasteiger partial charge in [-0.25, -0.2) is 0 Å². The quantitative estimate of drug-likeness (QED) is 0.665. The fourth-order valence-electron chi connectivity index (χ4n) is 1.84. The van der Waals surface area contributed by atoms with Crippen molar-refractivity contribution in [3.8, 4) is 0 Å². The van der Waals surface area contributed by atoms with E-state index in [1.807, 2.05) is 11.8 Å². The molecule has 1 unspecified atom stereocenters. The molecule has 17 heavy (non-hydrogen) atoms. The van der Waals surface area contributed by atoms with Crippen LogP contribution in [0.1, 0.15) is 41.0 Å². The van der Waals surface area contributed by atoms with Gasteiger partial charge in [0.15, 0.2) is 8.32 Å². The molecule has 0 spiro atoms. The Morgan fingerprint density at radius 1 is 1.35 bits per heavy atom. The van der Waals surface area contributed by atoms with Gasteiger partial charge in [0.25, 0.3) is 0 Å². The summed E-state index contributed by atoms with van der Waals surface area (Å²) in [7, 11) is -1.67. The average Bonchev–Trinajstić information content (AvgIpc) is 2.40. The molecule has 3 heteroatoms. The molecule has 1 aliphatic rings. The molecule has 1 aliphatic carbocycles. The highest BCUT2D eigenvalue weighted by Gasteiger charge is 2.45. The van der Waals surface area contributed by atoms with E-state index >= 15 is 0 Å². The molecule has 0 saturated carbocycles. The molecule has 100 valence electrons. The summed E-state index contributed by atoms with van der Waals surface area (Å²) in [6.07, 6.45) is 5.97. The van der Waals surface area contributed by atoms with Crippen molar-refractivity contribution in [1.29, 1.82) is 0 Å². The summed E-state index contributed by atoms with van der Waals surface area (Å²) in [6, 6.07) is 0. The fraction of sp³-hybridized carbons (Fsp3) is 0.857. The Morgan fingerprint density at radius 2 is 1.88 bits per heavy atom. The minimum absolute atomic E-state index is 0.258. The largest absolute Gasteiger partial charge is 0.409 e. The fourth-order valence-corrected chi connectivity index (χ4v) is 4.15. The van der Waals surface area contributed by atoms with E-state index in [1.54, 1.807) is 0 Å². The molecular weight excluding hydrogens is 244 g/mol. The number of rotatable bonds is 3. The standard InChI is InChI=1S/C14H28OSSi/c1-13(2,3)17(7,8)15-12-11(16-6)9-10-14(12,4)5/h9,12H,10H2,1-8H3. The first-order valence-electron chi connectivity index (χ1n) is 6.43. The maximum atomic E-state index is 6.63. The predicted molar refractivity (Wildman–Crippen MR) is 82.1 cm³/mol. The highest BCUT2D eigenvalue weighted by Crippen LogP contribution is 2.47. The van der Waals surface area contributed by atoms with E-state index in [9.17, 15) is 0 Å². The van der Waals surface area contributed by atoms with Crippen LogP contribution in [0.15, 0.2) is 11.0 Å². The van der Waals surface area contributed by atoms with Crippen molar-refractivity contribution in [2.24, 2.45) is 5.41 Å². The van der Waals surface area contributed by atoms with Crippen LogP contribution in [0.3, 0.4) is 0 Å². The molecule has 0 fully saturated rings. The van der Waals surface area contributed by atoms with Crippen LogP contribution in [0.5, 0.6) is 0 Å². The highest BCUT2D eigenvalue weighted by molar-refractivity contribution is 8.02. The molecule has 0 radical (unpaired) electrons. The van der Waals surface area contributed by atoms with E-state index in [4.69, 9.17) is 4.43 Å². The smallest absolute Gasteiger partial charge is 0.192 e. The third kappa shape index (κ3) is 3.18. The van der Waals surface area contributed by atoms with Gasteiger partial charge in [0.2, 0.25) is 0 Å². The minimum atomic E-state index is -1.67. The molecule has 0 bridgehead atoms. The molecule has 0 amide bonds. The third-order valence-corrected chi connectivity index (χ3v) is 9.54. The van der Waals surface area contributed by atoms with E-state index in [2.05, 4.69) is 60.0 Å². The van der Waals surface area contributed by atoms with Gasteiger partial charge in [-0.3, -0.25) is 0 Å². The zero-order chi connectivity index (χ0) is 13.5. The molecule has 1 atom stereocenters.